The number of hydrogen-bond donors (Lipinski definition) is 0. The Labute approximate surface area is 94.2 Å². The van der Waals surface area contributed by atoms with E-state index in [1.54, 1.807) is 24.3 Å². The van der Waals surface area contributed by atoms with Crippen molar-refractivity contribution in [1.29, 1.82) is 0 Å². The molecule has 0 aliphatic rings. The van der Waals surface area contributed by atoms with E-state index in [2.05, 4.69) is 4.98 Å². The number of benzene rings is 2. The predicted molar refractivity (Wildman–Crippen MR) is 59.4 cm³/mol. The summed E-state index contributed by atoms with van der Waals surface area (Å²) < 4.78 is 44.1. The first-order chi connectivity index (χ1) is 9.50. The van der Waals surface area contributed by atoms with Crippen LogP contribution in [-0.2, 0) is 0 Å². The lowest BCUT2D eigenvalue weighted by molar-refractivity contribution is 0.620. The molecular formula is C13H9NO. The Kier molecular flexibility index (Phi) is 0.999. The first-order valence-electron chi connectivity index (χ1n) is 6.93. The van der Waals surface area contributed by atoms with E-state index in [-0.39, 0.29) is 23.5 Å². The van der Waals surface area contributed by atoms with Crippen LogP contribution >= 0.6 is 0 Å². The average Bonchev–Trinajstić information content (AvgIpc) is 2.86. The highest BCUT2D eigenvalue weighted by Gasteiger charge is 2.05. The van der Waals surface area contributed by atoms with Crippen molar-refractivity contribution in [1.82, 2.24) is 4.98 Å². The van der Waals surface area contributed by atoms with E-state index in [4.69, 9.17) is 11.3 Å². The molecule has 2 nitrogen and oxygen atoms in total. The quantitative estimate of drug-likeness (QED) is 0.601. The van der Waals surface area contributed by atoms with Gasteiger partial charge in [0.1, 0.15) is 5.52 Å². The molecule has 1 aromatic heterocycles. The fourth-order valence-corrected chi connectivity index (χ4v) is 1.34. The van der Waals surface area contributed by atoms with Crippen molar-refractivity contribution < 1.29 is 11.3 Å². The molecule has 72 valence electrons. The second-order valence-corrected chi connectivity index (χ2v) is 2.99. The lowest BCUT2D eigenvalue weighted by atomic mass is 10.2. The molecule has 2 heteroatoms. The topological polar surface area (TPSA) is 26.0 Å². The van der Waals surface area contributed by atoms with Gasteiger partial charge in [-0.25, -0.2) is 4.98 Å². The van der Waals surface area contributed by atoms with Crippen LogP contribution in [0.3, 0.4) is 0 Å². The van der Waals surface area contributed by atoms with Gasteiger partial charge in [-0.15, -0.1) is 0 Å². The third-order valence-electron chi connectivity index (χ3n) is 2.01. The zero-order valence-corrected chi connectivity index (χ0v) is 7.66. The van der Waals surface area contributed by atoms with Crippen LogP contribution in [0.2, 0.25) is 0 Å². The maximum Gasteiger partial charge on any atom is 0.227 e. The van der Waals surface area contributed by atoms with Gasteiger partial charge in [0.2, 0.25) is 5.89 Å². The first kappa shape index (κ1) is 4.62. The number of hydrogen-bond acceptors (Lipinski definition) is 2. The Morgan fingerprint density at radius 1 is 1.07 bits per heavy atom. The molecule has 0 aliphatic heterocycles. The van der Waals surface area contributed by atoms with E-state index < -0.39 is 18.1 Å². The highest BCUT2D eigenvalue weighted by atomic mass is 16.3. The van der Waals surface area contributed by atoms with Gasteiger partial charge in [-0.3, -0.25) is 0 Å². The summed E-state index contributed by atoms with van der Waals surface area (Å²) >= 11 is 0. The molecule has 2 aromatic carbocycles. The molecule has 0 saturated carbocycles. The fraction of sp³-hybridized carbons (Fsp3) is 0. The van der Waals surface area contributed by atoms with E-state index in [0.717, 1.165) is 0 Å². The largest absolute Gasteiger partial charge is 0.436 e. The van der Waals surface area contributed by atoms with Gasteiger partial charge in [-0.2, -0.15) is 0 Å². The summed E-state index contributed by atoms with van der Waals surface area (Å²) in [6.45, 7) is 0. The molecule has 3 aromatic rings. The normalized spacial score (nSPS) is 15.3. The predicted octanol–water partition coefficient (Wildman–Crippen LogP) is 3.49. The number of nitrogens with zero attached hydrogens (tertiary/aromatic N) is 1. The zero-order chi connectivity index (χ0) is 14.4. The molecule has 0 N–H and O–H groups in total. The molecule has 0 unspecified atom stereocenters. The third kappa shape index (κ3) is 1.40. The summed E-state index contributed by atoms with van der Waals surface area (Å²) in [5.41, 5.74) is 1.07. The van der Waals surface area contributed by atoms with Crippen molar-refractivity contribution in [3.05, 3.63) is 54.5 Å². The molecule has 1 heterocycles. The van der Waals surface area contributed by atoms with Gasteiger partial charge in [-0.05, 0) is 24.2 Å². The molecule has 0 amide bonds. The molecule has 15 heavy (non-hydrogen) atoms. The minimum Gasteiger partial charge on any atom is -0.436 e. The van der Waals surface area contributed by atoms with Crippen LogP contribution in [-0.4, -0.2) is 4.98 Å². The van der Waals surface area contributed by atoms with Crippen LogP contribution in [0.5, 0.6) is 0 Å². The maximum atomic E-state index is 7.87. The van der Waals surface area contributed by atoms with E-state index in [9.17, 15) is 0 Å². The van der Waals surface area contributed by atoms with Crippen molar-refractivity contribution in [3.63, 3.8) is 0 Å². The van der Waals surface area contributed by atoms with Crippen molar-refractivity contribution in [2.75, 3.05) is 0 Å². The van der Waals surface area contributed by atoms with Crippen LogP contribution in [0.1, 0.15) is 6.85 Å². The van der Waals surface area contributed by atoms with Crippen LogP contribution in [0, 0.1) is 0 Å². The van der Waals surface area contributed by atoms with Crippen molar-refractivity contribution in [3.8, 4) is 11.5 Å². The van der Waals surface area contributed by atoms with E-state index in [0.29, 0.717) is 11.1 Å². The van der Waals surface area contributed by atoms with Gasteiger partial charge in [-0.1, -0.05) is 30.3 Å². The molecule has 3 rings (SSSR count). The summed E-state index contributed by atoms with van der Waals surface area (Å²) in [4.78, 5) is 4.18. The minimum atomic E-state index is -0.431. The zero-order valence-electron chi connectivity index (χ0n) is 12.7. The molecule has 0 fully saturated rings. The van der Waals surface area contributed by atoms with Gasteiger partial charge >= 0.3 is 0 Å². The monoisotopic (exact) mass is 200 g/mol. The van der Waals surface area contributed by atoms with E-state index in [1.807, 2.05) is 0 Å². The van der Waals surface area contributed by atoms with Gasteiger partial charge < -0.3 is 4.42 Å². The van der Waals surface area contributed by atoms with Gasteiger partial charge in [0.15, 0.2) is 5.58 Å². The second kappa shape index (κ2) is 3.24. The molecule has 0 bridgehead atoms. The summed E-state index contributed by atoms with van der Waals surface area (Å²) in [7, 11) is 0. The van der Waals surface area contributed by atoms with Crippen molar-refractivity contribution in [2.24, 2.45) is 0 Å². The Bertz CT molecular complexity index is 765. The maximum absolute atomic E-state index is 7.87. The van der Waals surface area contributed by atoms with Crippen molar-refractivity contribution >= 4 is 11.1 Å². The van der Waals surface area contributed by atoms with Crippen LogP contribution < -0.4 is 0 Å². The van der Waals surface area contributed by atoms with Gasteiger partial charge in [0.05, 0.1) is 6.85 Å². The lowest BCUT2D eigenvalue weighted by Gasteiger charge is -1.91. The van der Waals surface area contributed by atoms with Crippen LogP contribution in [0.25, 0.3) is 22.6 Å². The highest BCUT2D eigenvalue weighted by molar-refractivity contribution is 5.75. The second-order valence-electron chi connectivity index (χ2n) is 2.99. The average molecular weight is 200 g/mol. The Balaban J connectivity index is 2.34. The summed E-state index contributed by atoms with van der Waals surface area (Å²) in [6.07, 6.45) is 0. The third-order valence-corrected chi connectivity index (χ3v) is 2.01. The molecule has 0 aliphatic carbocycles. The molecule has 0 atom stereocenters. The summed E-state index contributed by atoms with van der Waals surface area (Å²) in [5, 5.41) is 0. The number of para-hydroxylation sites is 2. The summed E-state index contributed by atoms with van der Waals surface area (Å²) in [6, 6.07) is 5.14. The lowest BCUT2D eigenvalue weighted by Crippen LogP contribution is -1.74. The van der Waals surface area contributed by atoms with E-state index in [1.165, 1.54) is 0 Å². The van der Waals surface area contributed by atoms with Gasteiger partial charge in [0.25, 0.3) is 0 Å². The Morgan fingerprint density at radius 2 is 1.87 bits per heavy atom. The van der Waals surface area contributed by atoms with Crippen LogP contribution in [0.4, 0.5) is 0 Å². The van der Waals surface area contributed by atoms with Crippen LogP contribution in [0.15, 0.2) is 58.9 Å². The smallest absolute Gasteiger partial charge is 0.227 e. The molecule has 0 spiro atoms. The Hall–Kier alpha value is -2.09. The minimum absolute atomic E-state index is 0.0211. The summed E-state index contributed by atoms with van der Waals surface area (Å²) in [5.74, 6) is 0.0307. The van der Waals surface area contributed by atoms with Gasteiger partial charge in [0, 0.05) is 5.56 Å². The Morgan fingerprint density at radius 3 is 2.67 bits per heavy atom. The number of rotatable bonds is 1. The molecular weight excluding hydrogens is 186 g/mol. The first-order valence-corrected chi connectivity index (χ1v) is 4.43. The van der Waals surface area contributed by atoms with Crippen molar-refractivity contribution in [2.45, 2.75) is 0 Å². The fourth-order valence-electron chi connectivity index (χ4n) is 1.34. The highest BCUT2D eigenvalue weighted by Crippen LogP contribution is 2.23. The molecule has 0 saturated heterocycles. The number of aromatic nitrogens is 1. The SMILES string of the molecule is [2H]c1c([2H])c([2H])c(-c2nc3ccccc3o2)c([2H])c1[2H]. The number of fused-ring (bicyclic) bond motifs is 1. The standard InChI is InChI=1S/C13H9NO/c1-2-6-10(7-3-1)13-14-11-8-4-5-9-12(11)15-13/h1-9H/i1D,2D,3D,6D,7D. The van der Waals surface area contributed by atoms with E-state index >= 15 is 0 Å². The number of oxazole rings is 1. The molecule has 0 radical (unpaired) electrons.